The molecule has 1 aliphatic heterocycles. The lowest BCUT2D eigenvalue weighted by Gasteiger charge is -2.36. The van der Waals surface area contributed by atoms with E-state index in [4.69, 9.17) is 9.47 Å². The molecule has 1 aliphatic carbocycles. The normalized spacial score (nSPS) is 25.3. The molecule has 0 aromatic heterocycles. The molecular formula is C17H27N3O6. The maximum Gasteiger partial charge on any atom is 0.326 e. The smallest absolute Gasteiger partial charge is 0.326 e. The lowest BCUT2D eigenvalue weighted by molar-refractivity contribution is -0.151. The van der Waals surface area contributed by atoms with Gasteiger partial charge in [0.2, 0.25) is 0 Å². The number of hydrogen-bond donors (Lipinski definition) is 2. The van der Waals surface area contributed by atoms with Crippen LogP contribution in [0, 0.1) is 5.92 Å². The predicted molar refractivity (Wildman–Crippen MR) is 91.1 cm³/mol. The number of esters is 1. The monoisotopic (exact) mass is 369 g/mol. The SMILES string of the molecule is COCCCNC(=O)COC(=O)CN1C(=O)N[C@@]2(CCCC[C@@H]2C)C1=O. The molecule has 26 heavy (non-hydrogen) atoms. The van der Waals surface area contributed by atoms with Gasteiger partial charge in [-0.2, -0.15) is 0 Å². The van der Waals surface area contributed by atoms with Gasteiger partial charge in [0.25, 0.3) is 11.8 Å². The number of ether oxygens (including phenoxy) is 2. The largest absolute Gasteiger partial charge is 0.454 e. The van der Waals surface area contributed by atoms with E-state index in [0.717, 1.165) is 24.2 Å². The summed E-state index contributed by atoms with van der Waals surface area (Å²) in [7, 11) is 1.57. The van der Waals surface area contributed by atoms with Crippen LogP contribution >= 0.6 is 0 Å². The first-order chi connectivity index (χ1) is 12.4. The second-order valence-corrected chi connectivity index (χ2v) is 6.80. The molecule has 2 aliphatic rings. The number of nitrogens with zero attached hydrogens (tertiary/aromatic N) is 1. The van der Waals surface area contributed by atoms with Gasteiger partial charge in [0.1, 0.15) is 12.1 Å². The van der Waals surface area contributed by atoms with Gasteiger partial charge in [-0.1, -0.05) is 19.8 Å². The van der Waals surface area contributed by atoms with Crippen molar-refractivity contribution in [2.24, 2.45) is 5.92 Å². The van der Waals surface area contributed by atoms with Crippen LogP contribution in [0.3, 0.4) is 0 Å². The van der Waals surface area contributed by atoms with Crippen LogP contribution in [0.2, 0.25) is 0 Å². The predicted octanol–water partition coefficient (Wildman–Crippen LogP) is 0.183. The Morgan fingerprint density at radius 1 is 1.35 bits per heavy atom. The minimum absolute atomic E-state index is 0.0200. The lowest BCUT2D eigenvalue weighted by atomic mass is 9.73. The fourth-order valence-electron chi connectivity index (χ4n) is 3.46. The van der Waals surface area contributed by atoms with Crippen LogP contribution in [0.5, 0.6) is 0 Å². The second kappa shape index (κ2) is 8.98. The molecule has 2 fully saturated rings. The molecule has 146 valence electrons. The Hall–Kier alpha value is -2.16. The third-order valence-electron chi connectivity index (χ3n) is 5.00. The number of methoxy groups -OCH3 is 1. The van der Waals surface area contributed by atoms with E-state index in [0.29, 0.717) is 26.0 Å². The molecule has 9 nitrogen and oxygen atoms in total. The molecule has 4 amide bonds. The van der Waals surface area contributed by atoms with Crippen molar-refractivity contribution in [1.29, 1.82) is 0 Å². The van der Waals surface area contributed by atoms with Crippen molar-refractivity contribution in [1.82, 2.24) is 15.5 Å². The van der Waals surface area contributed by atoms with Gasteiger partial charge in [-0.05, 0) is 25.2 Å². The number of imide groups is 1. The van der Waals surface area contributed by atoms with Gasteiger partial charge in [0.15, 0.2) is 6.61 Å². The Balaban J connectivity index is 1.80. The number of nitrogens with one attached hydrogen (secondary N) is 2. The first-order valence-corrected chi connectivity index (χ1v) is 8.96. The van der Waals surface area contributed by atoms with E-state index >= 15 is 0 Å². The molecule has 2 rings (SSSR count). The van der Waals surface area contributed by atoms with E-state index in [2.05, 4.69) is 10.6 Å². The second-order valence-electron chi connectivity index (χ2n) is 6.80. The number of carbonyl (C=O) groups excluding carboxylic acids is 4. The number of urea groups is 1. The average molecular weight is 369 g/mol. The van der Waals surface area contributed by atoms with Crippen molar-refractivity contribution in [2.45, 2.75) is 44.6 Å². The molecule has 0 aromatic rings. The van der Waals surface area contributed by atoms with Gasteiger partial charge in [-0.3, -0.25) is 19.3 Å². The van der Waals surface area contributed by atoms with Crippen molar-refractivity contribution < 1.29 is 28.7 Å². The first-order valence-electron chi connectivity index (χ1n) is 8.96. The van der Waals surface area contributed by atoms with Gasteiger partial charge in [-0.25, -0.2) is 4.79 Å². The summed E-state index contributed by atoms with van der Waals surface area (Å²) in [5.41, 5.74) is -0.908. The molecule has 1 heterocycles. The van der Waals surface area contributed by atoms with Gasteiger partial charge in [0, 0.05) is 20.3 Å². The Morgan fingerprint density at radius 3 is 2.81 bits per heavy atom. The minimum atomic E-state index is -0.908. The van der Waals surface area contributed by atoms with Crippen LogP contribution in [0.4, 0.5) is 4.79 Å². The summed E-state index contributed by atoms with van der Waals surface area (Å²) >= 11 is 0. The van der Waals surface area contributed by atoms with Gasteiger partial charge < -0.3 is 20.1 Å². The summed E-state index contributed by atoms with van der Waals surface area (Å²) in [6.07, 6.45) is 3.96. The molecular weight excluding hydrogens is 342 g/mol. The van der Waals surface area contributed by atoms with Crippen LogP contribution in [0.25, 0.3) is 0 Å². The highest BCUT2D eigenvalue weighted by Crippen LogP contribution is 2.38. The summed E-state index contributed by atoms with van der Waals surface area (Å²) in [5, 5.41) is 5.35. The lowest BCUT2D eigenvalue weighted by Crippen LogP contribution is -2.54. The third-order valence-corrected chi connectivity index (χ3v) is 5.00. The maximum atomic E-state index is 12.7. The Labute approximate surface area is 152 Å². The average Bonchev–Trinajstić information content (AvgIpc) is 2.84. The number of carbonyl (C=O) groups is 4. The van der Waals surface area contributed by atoms with E-state index in [1.807, 2.05) is 6.92 Å². The summed E-state index contributed by atoms with van der Waals surface area (Å²) in [5.74, 6) is -1.59. The zero-order valence-electron chi connectivity index (χ0n) is 15.3. The third kappa shape index (κ3) is 4.51. The van der Waals surface area contributed by atoms with E-state index in [1.54, 1.807) is 7.11 Å². The summed E-state index contributed by atoms with van der Waals surface area (Å²) in [6, 6.07) is -0.579. The minimum Gasteiger partial charge on any atom is -0.454 e. The highest BCUT2D eigenvalue weighted by molar-refractivity contribution is 6.09. The van der Waals surface area contributed by atoms with E-state index < -0.39 is 36.6 Å². The number of hydrogen-bond acceptors (Lipinski definition) is 6. The summed E-state index contributed by atoms with van der Waals surface area (Å²) in [4.78, 5) is 49.3. The molecule has 0 unspecified atom stereocenters. The Bertz CT molecular complexity index is 567. The Morgan fingerprint density at radius 2 is 2.12 bits per heavy atom. The molecule has 0 aromatic carbocycles. The van der Waals surface area contributed by atoms with Crippen LogP contribution in [-0.2, 0) is 23.9 Å². The van der Waals surface area contributed by atoms with Gasteiger partial charge in [-0.15, -0.1) is 0 Å². The highest BCUT2D eigenvalue weighted by atomic mass is 16.5. The van der Waals surface area contributed by atoms with Crippen LogP contribution in [0.15, 0.2) is 0 Å². The van der Waals surface area contributed by atoms with Crippen LogP contribution < -0.4 is 10.6 Å². The number of amides is 4. The molecule has 1 spiro atoms. The Kier molecular flexibility index (Phi) is 6.96. The maximum absolute atomic E-state index is 12.7. The zero-order valence-corrected chi connectivity index (χ0v) is 15.3. The van der Waals surface area contributed by atoms with Gasteiger partial charge >= 0.3 is 12.0 Å². The van der Waals surface area contributed by atoms with Crippen molar-refractivity contribution in [3.63, 3.8) is 0 Å². The molecule has 9 heteroatoms. The van der Waals surface area contributed by atoms with Crippen LogP contribution in [-0.4, -0.2) is 67.7 Å². The quantitative estimate of drug-likeness (QED) is 0.358. The number of rotatable bonds is 8. The molecule has 1 saturated carbocycles. The molecule has 0 bridgehead atoms. The molecule has 2 N–H and O–H groups in total. The molecule has 1 saturated heterocycles. The molecule has 2 atom stereocenters. The topological polar surface area (TPSA) is 114 Å². The zero-order chi connectivity index (χ0) is 19.2. The van der Waals surface area contributed by atoms with E-state index in [-0.39, 0.29) is 11.8 Å². The van der Waals surface area contributed by atoms with E-state index in [9.17, 15) is 19.2 Å². The van der Waals surface area contributed by atoms with Crippen molar-refractivity contribution in [3.8, 4) is 0 Å². The van der Waals surface area contributed by atoms with Crippen molar-refractivity contribution in [2.75, 3.05) is 33.4 Å². The fraction of sp³-hybridized carbons (Fsp3) is 0.765. The van der Waals surface area contributed by atoms with Gasteiger partial charge in [0.05, 0.1) is 0 Å². The summed E-state index contributed by atoms with van der Waals surface area (Å²) in [6.45, 7) is 1.93. The first kappa shape index (κ1) is 20.2. The van der Waals surface area contributed by atoms with Crippen molar-refractivity contribution in [3.05, 3.63) is 0 Å². The highest BCUT2D eigenvalue weighted by Gasteiger charge is 2.55. The molecule has 0 radical (unpaired) electrons. The van der Waals surface area contributed by atoms with Crippen molar-refractivity contribution >= 4 is 23.8 Å². The van der Waals surface area contributed by atoms with E-state index in [1.165, 1.54) is 0 Å². The summed E-state index contributed by atoms with van der Waals surface area (Å²) < 4.78 is 9.73. The fourth-order valence-corrected chi connectivity index (χ4v) is 3.46. The standard InChI is InChI=1S/C17H27N3O6/c1-12-6-3-4-7-17(12)15(23)20(16(24)19-17)10-14(22)26-11-13(21)18-8-5-9-25-2/h12H,3-11H2,1-2H3,(H,18,21)(H,19,24)/t12-,17+/m0/s1. The van der Waals surface area contributed by atoms with Crippen LogP contribution in [0.1, 0.15) is 39.0 Å².